The molecule has 0 aliphatic rings. The zero-order valence-electron chi connectivity index (χ0n) is 14.6. The Bertz CT molecular complexity index is 184. The monoisotopic (exact) mass is 502 g/mol. The van der Waals surface area contributed by atoms with Crippen LogP contribution in [-0.2, 0) is 0 Å². The second-order valence-electron chi connectivity index (χ2n) is 6.64. The molecular formula is C18H39ISn. The van der Waals surface area contributed by atoms with E-state index in [0.717, 1.165) is 1.94 Å². The van der Waals surface area contributed by atoms with Crippen LogP contribution >= 0.6 is 22.6 Å². The molecule has 1 atom stereocenters. The first kappa shape index (κ1) is 21.5. The summed E-state index contributed by atoms with van der Waals surface area (Å²) in [5, 5.41) is 0. The Kier molecular flexibility index (Phi) is 15.2. The maximum absolute atomic E-state index is 2.91. The molecule has 0 aliphatic carbocycles. The van der Waals surface area contributed by atoms with Crippen LogP contribution in [0.4, 0.5) is 0 Å². The molecule has 0 aromatic carbocycles. The zero-order valence-corrected chi connectivity index (χ0v) is 19.7. The molecule has 0 aromatic heterocycles. The Morgan fingerprint density at radius 3 is 1.40 bits per heavy atom. The van der Waals surface area contributed by atoms with E-state index in [1.54, 1.807) is 19.7 Å². The second kappa shape index (κ2) is 14.1. The van der Waals surface area contributed by atoms with Crippen LogP contribution in [0.15, 0.2) is 0 Å². The summed E-state index contributed by atoms with van der Waals surface area (Å²) in [5.41, 5.74) is 0. The summed E-state index contributed by atoms with van der Waals surface area (Å²) in [6.45, 7) is 9.49. The fraction of sp³-hybridized carbons (Fsp3) is 1.00. The molecule has 122 valence electrons. The van der Waals surface area contributed by atoms with Gasteiger partial charge in [0.25, 0.3) is 0 Å². The van der Waals surface area contributed by atoms with Gasteiger partial charge in [-0.3, -0.25) is 0 Å². The molecule has 0 saturated carbocycles. The Labute approximate surface area is 147 Å². The van der Waals surface area contributed by atoms with Gasteiger partial charge < -0.3 is 0 Å². The van der Waals surface area contributed by atoms with Crippen LogP contribution < -0.4 is 0 Å². The quantitative estimate of drug-likeness (QED) is 0.0989. The van der Waals surface area contributed by atoms with Crippen LogP contribution in [0.25, 0.3) is 0 Å². The van der Waals surface area contributed by atoms with E-state index >= 15 is 0 Å². The van der Waals surface area contributed by atoms with Gasteiger partial charge in [0, 0.05) is 0 Å². The molecular weight excluding hydrogens is 462 g/mol. The number of hydrogen-bond acceptors (Lipinski definition) is 0. The molecule has 0 radical (unpaired) electrons. The van der Waals surface area contributed by atoms with Gasteiger partial charge in [0.15, 0.2) is 0 Å². The van der Waals surface area contributed by atoms with Crippen molar-refractivity contribution in [1.82, 2.24) is 0 Å². The normalized spacial score (nSPS) is 13.7. The number of alkyl halides is 1. The molecule has 0 amide bonds. The van der Waals surface area contributed by atoms with Crippen molar-refractivity contribution in [2.45, 2.75) is 107 Å². The molecule has 0 bridgehead atoms. The first-order chi connectivity index (χ1) is 9.66. The molecule has 0 aromatic rings. The van der Waals surface area contributed by atoms with Crippen molar-refractivity contribution in [1.29, 1.82) is 0 Å². The topological polar surface area (TPSA) is 0 Å². The van der Waals surface area contributed by atoms with E-state index < -0.39 is 18.4 Å². The Morgan fingerprint density at radius 2 is 1.05 bits per heavy atom. The van der Waals surface area contributed by atoms with Crippen molar-refractivity contribution in [3.05, 3.63) is 0 Å². The van der Waals surface area contributed by atoms with E-state index in [0.29, 0.717) is 0 Å². The molecule has 20 heavy (non-hydrogen) atoms. The van der Waals surface area contributed by atoms with Crippen molar-refractivity contribution >= 4 is 41.0 Å². The van der Waals surface area contributed by atoms with E-state index in [4.69, 9.17) is 0 Å². The van der Waals surface area contributed by atoms with Gasteiger partial charge in [0.1, 0.15) is 0 Å². The van der Waals surface area contributed by atoms with Crippen LogP contribution in [0, 0.1) is 0 Å². The SMILES string of the molecule is CCCCC[CH](I)[Sn]([CH2]CCC)([CH2]CCC)[CH2]CCC. The predicted molar refractivity (Wildman–Crippen MR) is 107 cm³/mol. The summed E-state index contributed by atoms with van der Waals surface area (Å²) in [5.74, 6) is 0. The van der Waals surface area contributed by atoms with Gasteiger partial charge in [0.2, 0.25) is 0 Å². The summed E-state index contributed by atoms with van der Waals surface area (Å²) in [4.78, 5) is 0. The Balaban J connectivity index is 4.71. The summed E-state index contributed by atoms with van der Waals surface area (Å²) in [6.07, 6.45) is 14.7. The van der Waals surface area contributed by atoms with Crippen LogP contribution in [0.3, 0.4) is 0 Å². The number of rotatable bonds is 14. The molecule has 0 rings (SSSR count). The Hall–Kier alpha value is 1.53. The summed E-state index contributed by atoms with van der Waals surface area (Å²) in [7, 11) is 0. The third-order valence-electron chi connectivity index (χ3n) is 4.81. The van der Waals surface area contributed by atoms with E-state index in [1.165, 1.54) is 57.8 Å². The summed E-state index contributed by atoms with van der Waals surface area (Å²) in [6, 6.07) is 0. The van der Waals surface area contributed by atoms with Gasteiger partial charge in [-0.2, -0.15) is 0 Å². The van der Waals surface area contributed by atoms with E-state index in [1.807, 2.05) is 0 Å². The average molecular weight is 501 g/mol. The number of hydrogen-bond donors (Lipinski definition) is 0. The van der Waals surface area contributed by atoms with E-state index in [2.05, 4.69) is 50.3 Å². The number of unbranched alkanes of at least 4 members (excludes halogenated alkanes) is 5. The standard InChI is InChI=1S/C6H12I.3C4H9.Sn/c1-2-3-4-5-6-7;3*1-3-4-2;/h6H,2-5H2,1H3;3*1,3-4H2,2H3;. The fourth-order valence-corrected chi connectivity index (χ4v) is 26.2. The van der Waals surface area contributed by atoms with Crippen molar-refractivity contribution in [3.8, 4) is 0 Å². The molecule has 2 heteroatoms. The van der Waals surface area contributed by atoms with Crippen molar-refractivity contribution < 1.29 is 0 Å². The average Bonchev–Trinajstić information content (AvgIpc) is 2.47. The molecule has 0 saturated heterocycles. The van der Waals surface area contributed by atoms with Gasteiger partial charge in [-0.1, -0.05) is 0 Å². The van der Waals surface area contributed by atoms with Crippen LogP contribution in [0.5, 0.6) is 0 Å². The van der Waals surface area contributed by atoms with Gasteiger partial charge in [-0.15, -0.1) is 0 Å². The summed E-state index contributed by atoms with van der Waals surface area (Å²) < 4.78 is 6.17. The third-order valence-corrected chi connectivity index (χ3v) is 30.5. The van der Waals surface area contributed by atoms with E-state index in [9.17, 15) is 0 Å². The fourth-order valence-electron chi connectivity index (χ4n) is 3.31. The molecule has 0 heterocycles. The third kappa shape index (κ3) is 8.85. The minimum absolute atomic E-state index is 1.11. The van der Waals surface area contributed by atoms with Crippen molar-refractivity contribution in [2.75, 3.05) is 0 Å². The van der Waals surface area contributed by atoms with Gasteiger partial charge in [0.05, 0.1) is 0 Å². The van der Waals surface area contributed by atoms with Crippen LogP contribution in [0.1, 0.15) is 91.9 Å². The molecule has 0 spiro atoms. The Morgan fingerprint density at radius 1 is 0.650 bits per heavy atom. The molecule has 0 aliphatic heterocycles. The number of halogens is 1. The predicted octanol–water partition coefficient (Wildman–Crippen LogP) is 7.76. The maximum atomic E-state index is 2.91. The first-order valence-electron chi connectivity index (χ1n) is 9.30. The second-order valence-corrected chi connectivity index (χ2v) is 25.5. The first-order valence-corrected chi connectivity index (χ1v) is 18.3. The zero-order chi connectivity index (χ0) is 15.3. The minimum atomic E-state index is -1.88. The molecule has 0 fully saturated rings. The van der Waals surface area contributed by atoms with Gasteiger partial charge in [-0.25, -0.2) is 0 Å². The van der Waals surface area contributed by atoms with Crippen LogP contribution in [-0.4, -0.2) is 20.3 Å². The molecule has 0 nitrogen and oxygen atoms in total. The molecule has 1 unspecified atom stereocenters. The van der Waals surface area contributed by atoms with Crippen LogP contribution in [0.2, 0.25) is 13.3 Å². The molecule has 0 N–H and O–H groups in total. The van der Waals surface area contributed by atoms with Gasteiger partial charge >= 0.3 is 148 Å². The summed E-state index contributed by atoms with van der Waals surface area (Å²) >= 11 is 1.03. The van der Waals surface area contributed by atoms with Crippen molar-refractivity contribution in [2.24, 2.45) is 0 Å². The van der Waals surface area contributed by atoms with E-state index in [-0.39, 0.29) is 0 Å². The van der Waals surface area contributed by atoms with Gasteiger partial charge in [-0.05, 0) is 0 Å². The van der Waals surface area contributed by atoms with Crippen molar-refractivity contribution in [3.63, 3.8) is 0 Å².